The van der Waals surface area contributed by atoms with Crippen molar-refractivity contribution >= 4 is 45.6 Å². The summed E-state index contributed by atoms with van der Waals surface area (Å²) in [5, 5.41) is 2.99. The molecule has 1 aromatic rings. The first-order valence-electron chi connectivity index (χ1n) is 6.26. The minimum absolute atomic E-state index is 0.0799. The number of halogens is 2. The predicted octanol–water partition coefficient (Wildman–Crippen LogP) is 2.38. The van der Waals surface area contributed by atoms with Gasteiger partial charge < -0.3 is 9.80 Å². The van der Waals surface area contributed by atoms with Crippen LogP contribution in [0.1, 0.15) is 13.3 Å². The SMILES string of the molecule is CC1(C(=O)N2CCN(c3nccs3)CC2)CC1(Cl)Cl. The minimum atomic E-state index is -0.878. The molecule has 0 aromatic carbocycles. The van der Waals surface area contributed by atoms with Crippen molar-refractivity contribution in [1.82, 2.24) is 9.88 Å². The second-order valence-corrected chi connectivity index (χ2v) is 7.66. The van der Waals surface area contributed by atoms with Crippen molar-refractivity contribution in [3.63, 3.8) is 0 Å². The van der Waals surface area contributed by atoms with Crippen LogP contribution in [0.2, 0.25) is 0 Å². The quantitative estimate of drug-likeness (QED) is 0.785. The lowest BCUT2D eigenvalue weighted by molar-refractivity contribution is -0.136. The molecule has 4 nitrogen and oxygen atoms in total. The molecule has 19 heavy (non-hydrogen) atoms. The maximum Gasteiger partial charge on any atom is 0.231 e. The van der Waals surface area contributed by atoms with Gasteiger partial charge in [-0.3, -0.25) is 4.79 Å². The molecule has 104 valence electrons. The molecule has 0 bridgehead atoms. The van der Waals surface area contributed by atoms with E-state index in [0.29, 0.717) is 19.5 Å². The number of nitrogens with zero attached hydrogens (tertiary/aromatic N) is 3. The van der Waals surface area contributed by atoms with Gasteiger partial charge in [0.15, 0.2) is 5.13 Å². The summed E-state index contributed by atoms with van der Waals surface area (Å²) < 4.78 is -0.878. The number of carbonyl (C=O) groups excluding carboxylic acids is 1. The summed E-state index contributed by atoms with van der Waals surface area (Å²) in [7, 11) is 0. The first-order valence-corrected chi connectivity index (χ1v) is 7.89. The smallest absolute Gasteiger partial charge is 0.231 e. The molecule has 7 heteroatoms. The van der Waals surface area contributed by atoms with Crippen LogP contribution < -0.4 is 4.90 Å². The molecule has 0 N–H and O–H groups in total. The van der Waals surface area contributed by atoms with E-state index in [0.717, 1.165) is 18.2 Å². The van der Waals surface area contributed by atoms with Crippen molar-refractivity contribution in [1.29, 1.82) is 0 Å². The summed E-state index contributed by atoms with van der Waals surface area (Å²) in [5.41, 5.74) is -0.598. The lowest BCUT2D eigenvalue weighted by atomic mass is 10.1. The molecule has 1 saturated heterocycles. The molecular formula is C12H15Cl2N3OS. The second kappa shape index (κ2) is 4.50. The van der Waals surface area contributed by atoms with Gasteiger partial charge in [-0.05, 0) is 13.3 Å². The molecule has 1 aliphatic heterocycles. The Hall–Kier alpha value is -0.520. The number of aromatic nitrogens is 1. The van der Waals surface area contributed by atoms with Gasteiger partial charge in [0.05, 0.1) is 5.41 Å². The van der Waals surface area contributed by atoms with E-state index in [9.17, 15) is 4.79 Å². The van der Waals surface area contributed by atoms with Gasteiger partial charge in [-0.1, -0.05) is 0 Å². The minimum Gasteiger partial charge on any atom is -0.345 e. The van der Waals surface area contributed by atoms with E-state index >= 15 is 0 Å². The number of hydrogen-bond donors (Lipinski definition) is 0. The Kier molecular flexibility index (Phi) is 3.19. The average molecular weight is 320 g/mol. The fourth-order valence-corrected chi connectivity index (χ4v) is 3.85. The van der Waals surface area contributed by atoms with Crippen LogP contribution in [-0.2, 0) is 4.79 Å². The van der Waals surface area contributed by atoms with Gasteiger partial charge in [0.1, 0.15) is 4.33 Å². The van der Waals surface area contributed by atoms with Gasteiger partial charge in [0.2, 0.25) is 5.91 Å². The Morgan fingerprint density at radius 1 is 1.37 bits per heavy atom. The Labute approximate surface area is 126 Å². The summed E-state index contributed by atoms with van der Waals surface area (Å²) in [6.07, 6.45) is 2.35. The zero-order chi connectivity index (χ0) is 13.7. The summed E-state index contributed by atoms with van der Waals surface area (Å²) in [6.45, 7) is 4.89. The topological polar surface area (TPSA) is 36.4 Å². The number of anilines is 1. The number of piperazine rings is 1. The molecule has 2 heterocycles. The molecule has 1 atom stereocenters. The molecule has 2 aliphatic rings. The van der Waals surface area contributed by atoms with Crippen molar-refractivity contribution in [2.45, 2.75) is 17.7 Å². The Balaban J connectivity index is 1.61. The molecule has 1 amide bonds. The van der Waals surface area contributed by atoms with Crippen LogP contribution in [0.4, 0.5) is 5.13 Å². The van der Waals surface area contributed by atoms with Crippen LogP contribution >= 0.6 is 34.5 Å². The lowest BCUT2D eigenvalue weighted by Crippen LogP contribution is -2.51. The maximum atomic E-state index is 12.4. The number of carbonyl (C=O) groups is 1. The van der Waals surface area contributed by atoms with Gasteiger partial charge in [-0.15, -0.1) is 34.5 Å². The van der Waals surface area contributed by atoms with Gasteiger partial charge in [-0.2, -0.15) is 0 Å². The molecule has 3 rings (SSSR count). The van der Waals surface area contributed by atoms with Crippen molar-refractivity contribution in [3.8, 4) is 0 Å². The molecule has 1 aliphatic carbocycles. The van der Waals surface area contributed by atoms with Crippen molar-refractivity contribution < 1.29 is 4.79 Å². The fourth-order valence-electron chi connectivity index (χ4n) is 2.45. The van der Waals surface area contributed by atoms with Crippen molar-refractivity contribution in [2.75, 3.05) is 31.1 Å². The lowest BCUT2D eigenvalue weighted by Gasteiger charge is -2.36. The van der Waals surface area contributed by atoms with E-state index in [1.807, 2.05) is 17.2 Å². The van der Waals surface area contributed by atoms with Gasteiger partial charge in [0.25, 0.3) is 0 Å². The maximum absolute atomic E-state index is 12.4. The highest BCUT2D eigenvalue weighted by atomic mass is 35.5. The molecule has 1 unspecified atom stereocenters. The van der Waals surface area contributed by atoms with Crippen LogP contribution in [-0.4, -0.2) is 46.3 Å². The predicted molar refractivity (Wildman–Crippen MR) is 78.1 cm³/mol. The number of thiazole rings is 1. The number of alkyl halides is 2. The molecular weight excluding hydrogens is 305 g/mol. The first kappa shape index (κ1) is 13.5. The zero-order valence-corrected chi connectivity index (χ0v) is 12.9. The van der Waals surface area contributed by atoms with E-state index in [-0.39, 0.29) is 5.91 Å². The van der Waals surface area contributed by atoms with E-state index in [1.165, 1.54) is 0 Å². The van der Waals surface area contributed by atoms with Gasteiger partial charge in [-0.25, -0.2) is 4.98 Å². The third-order valence-electron chi connectivity index (χ3n) is 3.99. The summed E-state index contributed by atoms with van der Waals surface area (Å²) in [5.74, 6) is 0.0799. The van der Waals surface area contributed by atoms with E-state index < -0.39 is 9.75 Å². The molecule has 2 fully saturated rings. The Morgan fingerprint density at radius 3 is 2.47 bits per heavy atom. The molecule has 0 radical (unpaired) electrons. The Bertz CT molecular complexity index is 485. The van der Waals surface area contributed by atoms with Crippen LogP contribution in [0.25, 0.3) is 0 Å². The third kappa shape index (κ3) is 2.22. The second-order valence-electron chi connectivity index (χ2n) is 5.31. The Morgan fingerprint density at radius 2 is 2.00 bits per heavy atom. The number of amides is 1. The molecule has 0 spiro atoms. The standard InChI is InChI=1S/C12H15Cl2N3OS/c1-11(8-12(11,13)14)9(18)16-3-5-17(6-4-16)10-15-2-7-19-10/h2,7H,3-6,8H2,1H3. The first-order chi connectivity index (χ1) is 8.94. The highest BCUT2D eigenvalue weighted by Gasteiger charge is 2.68. The van der Waals surface area contributed by atoms with Crippen LogP contribution in [0.15, 0.2) is 11.6 Å². The summed E-state index contributed by atoms with van der Waals surface area (Å²) >= 11 is 13.8. The molecule has 1 aromatic heterocycles. The van der Waals surface area contributed by atoms with Gasteiger partial charge >= 0.3 is 0 Å². The third-order valence-corrected chi connectivity index (χ3v) is 5.92. The van der Waals surface area contributed by atoms with Crippen LogP contribution in [0.5, 0.6) is 0 Å². The van der Waals surface area contributed by atoms with Crippen molar-refractivity contribution in [2.24, 2.45) is 5.41 Å². The van der Waals surface area contributed by atoms with Crippen LogP contribution in [0.3, 0.4) is 0 Å². The highest BCUT2D eigenvalue weighted by molar-refractivity contribution is 7.13. The zero-order valence-electron chi connectivity index (χ0n) is 10.6. The summed E-state index contributed by atoms with van der Waals surface area (Å²) in [4.78, 5) is 20.8. The number of rotatable bonds is 2. The fraction of sp³-hybridized carbons (Fsp3) is 0.667. The van der Waals surface area contributed by atoms with Crippen LogP contribution in [0, 0.1) is 5.41 Å². The van der Waals surface area contributed by atoms with Gasteiger partial charge in [0, 0.05) is 37.8 Å². The van der Waals surface area contributed by atoms with E-state index in [4.69, 9.17) is 23.2 Å². The van der Waals surface area contributed by atoms with E-state index in [1.54, 1.807) is 17.5 Å². The van der Waals surface area contributed by atoms with Crippen molar-refractivity contribution in [3.05, 3.63) is 11.6 Å². The molecule has 1 saturated carbocycles. The summed E-state index contributed by atoms with van der Waals surface area (Å²) in [6, 6.07) is 0. The highest BCUT2D eigenvalue weighted by Crippen LogP contribution is 2.64. The number of hydrogen-bond acceptors (Lipinski definition) is 4. The monoisotopic (exact) mass is 319 g/mol. The average Bonchev–Trinajstić information content (AvgIpc) is 2.80. The largest absolute Gasteiger partial charge is 0.345 e. The van der Waals surface area contributed by atoms with E-state index in [2.05, 4.69) is 9.88 Å². The normalized spacial score (nSPS) is 29.4.